The molecule has 1 aliphatic heterocycles. The lowest BCUT2D eigenvalue weighted by atomic mass is 9.88. The summed E-state index contributed by atoms with van der Waals surface area (Å²) in [6.45, 7) is 6.98. The molecule has 1 aliphatic carbocycles. The van der Waals surface area contributed by atoms with Gasteiger partial charge in [0, 0.05) is 34.9 Å². The Morgan fingerprint density at radius 3 is 2.55 bits per heavy atom. The van der Waals surface area contributed by atoms with E-state index in [-0.39, 0.29) is 6.03 Å². The van der Waals surface area contributed by atoms with Crippen LogP contribution in [0.5, 0.6) is 0 Å². The van der Waals surface area contributed by atoms with Gasteiger partial charge in [-0.3, -0.25) is 0 Å². The second-order valence-electron chi connectivity index (χ2n) is 8.86. The van der Waals surface area contributed by atoms with Gasteiger partial charge in [-0.05, 0) is 81.3 Å². The van der Waals surface area contributed by atoms with Gasteiger partial charge in [-0.1, -0.05) is 26.7 Å². The number of hydrogen-bond donors (Lipinski definition) is 3. The van der Waals surface area contributed by atoms with E-state index < -0.39 is 0 Å². The Morgan fingerprint density at radius 2 is 1.86 bits per heavy atom. The maximum absolute atomic E-state index is 12.4. The minimum absolute atomic E-state index is 0.0770. The molecule has 0 spiro atoms. The lowest BCUT2D eigenvalue weighted by Crippen LogP contribution is -2.40. The summed E-state index contributed by atoms with van der Waals surface area (Å²) in [7, 11) is 0. The molecule has 1 saturated carbocycles. The van der Waals surface area contributed by atoms with E-state index in [1.165, 1.54) is 62.6 Å². The van der Waals surface area contributed by atoms with E-state index >= 15 is 0 Å². The van der Waals surface area contributed by atoms with Gasteiger partial charge in [-0.15, -0.1) is 0 Å². The van der Waals surface area contributed by atoms with Crippen LogP contribution in [0.15, 0.2) is 24.4 Å². The largest absolute Gasteiger partial charge is 0.361 e. The maximum Gasteiger partial charge on any atom is 0.319 e. The van der Waals surface area contributed by atoms with Gasteiger partial charge in [0.2, 0.25) is 0 Å². The minimum atomic E-state index is -0.0770. The van der Waals surface area contributed by atoms with Crippen molar-refractivity contribution >= 4 is 22.6 Å². The predicted octanol–water partition coefficient (Wildman–Crippen LogP) is 5.60. The van der Waals surface area contributed by atoms with Crippen LogP contribution in [-0.2, 0) is 0 Å². The van der Waals surface area contributed by atoms with Crippen molar-refractivity contribution < 1.29 is 4.79 Å². The van der Waals surface area contributed by atoms with Crippen LogP contribution in [0, 0.1) is 0 Å². The van der Waals surface area contributed by atoms with Crippen molar-refractivity contribution in [1.29, 1.82) is 0 Å². The van der Waals surface area contributed by atoms with Gasteiger partial charge in [-0.2, -0.15) is 0 Å². The third kappa shape index (κ3) is 4.61. The first kappa shape index (κ1) is 20.3. The molecule has 5 heteroatoms. The quantitative estimate of drug-likeness (QED) is 0.595. The number of aromatic amines is 1. The van der Waals surface area contributed by atoms with Crippen LogP contribution in [0.3, 0.4) is 0 Å². The number of rotatable bonds is 6. The molecular formula is C24H36N4O. The number of piperidine rings is 1. The zero-order valence-corrected chi connectivity index (χ0v) is 18.0. The molecule has 2 aliphatic rings. The summed E-state index contributed by atoms with van der Waals surface area (Å²) in [6, 6.07) is 7.21. The highest BCUT2D eigenvalue weighted by Gasteiger charge is 2.26. The number of aromatic nitrogens is 1. The molecule has 0 radical (unpaired) electrons. The molecule has 0 atom stereocenters. The average molecular weight is 397 g/mol. The summed E-state index contributed by atoms with van der Waals surface area (Å²) in [5.74, 6) is 0.594. The molecule has 1 aromatic heterocycles. The van der Waals surface area contributed by atoms with E-state index in [1.54, 1.807) is 0 Å². The van der Waals surface area contributed by atoms with E-state index in [4.69, 9.17) is 0 Å². The van der Waals surface area contributed by atoms with Crippen LogP contribution in [0.1, 0.15) is 76.7 Å². The minimum Gasteiger partial charge on any atom is -0.361 e. The van der Waals surface area contributed by atoms with Gasteiger partial charge in [0.25, 0.3) is 0 Å². The Bertz CT molecular complexity index is 811. The molecule has 2 heterocycles. The predicted molar refractivity (Wildman–Crippen MR) is 121 cm³/mol. The molecule has 3 N–H and O–H groups in total. The van der Waals surface area contributed by atoms with Crippen molar-refractivity contribution in [2.75, 3.05) is 18.4 Å². The van der Waals surface area contributed by atoms with Gasteiger partial charge in [0.1, 0.15) is 0 Å². The normalized spacial score (nSPS) is 19.3. The van der Waals surface area contributed by atoms with Crippen LogP contribution in [0.25, 0.3) is 10.9 Å². The average Bonchev–Trinajstić information content (AvgIpc) is 3.39. The first-order chi connectivity index (χ1) is 14.2. The third-order valence-corrected chi connectivity index (χ3v) is 7.09. The molecule has 2 fully saturated rings. The van der Waals surface area contributed by atoms with Gasteiger partial charge < -0.3 is 20.5 Å². The van der Waals surface area contributed by atoms with Crippen molar-refractivity contribution in [2.24, 2.45) is 0 Å². The highest BCUT2D eigenvalue weighted by Crippen LogP contribution is 2.35. The van der Waals surface area contributed by atoms with E-state index in [9.17, 15) is 4.79 Å². The molecule has 1 saturated heterocycles. The number of carbonyl (C=O) groups is 1. The monoisotopic (exact) mass is 396 g/mol. The summed E-state index contributed by atoms with van der Waals surface area (Å²) in [4.78, 5) is 18.5. The van der Waals surface area contributed by atoms with Crippen LogP contribution in [0.2, 0.25) is 0 Å². The van der Waals surface area contributed by atoms with E-state index in [0.29, 0.717) is 12.0 Å². The number of amides is 2. The fourth-order valence-corrected chi connectivity index (χ4v) is 5.36. The third-order valence-electron chi connectivity index (χ3n) is 7.09. The number of benzene rings is 1. The summed E-state index contributed by atoms with van der Waals surface area (Å²) in [5, 5.41) is 7.41. The van der Waals surface area contributed by atoms with Crippen LogP contribution in [-0.4, -0.2) is 41.1 Å². The van der Waals surface area contributed by atoms with Gasteiger partial charge in [0.15, 0.2) is 0 Å². The van der Waals surface area contributed by atoms with Gasteiger partial charge >= 0.3 is 6.03 Å². The Balaban J connectivity index is 1.43. The first-order valence-corrected chi connectivity index (χ1v) is 11.6. The van der Waals surface area contributed by atoms with Crippen LogP contribution in [0.4, 0.5) is 10.5 Å². The maximum atomic E-state index is 12.4. The Morgan fingerprint density at radius 1 is 1.14 bits per heavy atom. The zero-order chi connectivity index (χ0) is 20.2. The molecule has 4 rings (SSSR count). The number of fused-ring (bicyclic) bond motifs is 1. The Labute approximate surface area is 174 Å². The first-order valence-electron chi connectivity index (χ1n) is 11.6. The molecule has 29 heavy (non-hydrogen) atoms. The van der Waals surface area contributed by atoms with Gasteiger partial charge in [0.05, 0.1) is 0 Å². The number of nitrogens with one attached hydrogen (secondary N) is 3. The number of H-pyrrole nitrogens is 1. The lowest BCUT2D eigenvalue weighted by Gasteiger charge is -2.37. The molecule has 5 nitrogen and oxygen atoms in total. The van der Waals surface area contributed by atoms with Crippen LogP contribution >= 0.6 is 0 Å². The second-order valence-corrected chi connectivity index (χ2v) is 8.86. The molecule has 158 valence electrons. The number of hydrogen-bond acceptors (Lipinski definition) is 2. The number of urea groups is 1. The van der Waals surface area contributed by atoms with E-state index in [1.807, 2.05) is 6.07 Å². The van der Waals surface area contributed by atoms with Crippen molar-refractivity contribution in [1.82, 2.24) is 15.2 Å². The highest BCUT2D eigenvalue weighted by molar-refractivity contribution is 5.94. The van der Waals surface area contributed by atoms with Crippen molar-refractivity contribution in [3.8, 4) is 0 Å². The summed E-state index contributed by atoms with van der Waals surface area (Å²) < 4.78 is 0. The van der Waals surface area contributed by atoms with Crippen LogP contribution < -0.4 is 10.6 Å². The number of carbonyl (C=O) groups excluding carboxylic acids is 1. The lowest BCUT2D eigenvalue weighted by molar-refractivity contribution is 0.144. The molecule has 0 unspecified atom stereocenters. The number of nitrogens with zero attached hydrogens (tertiary/aromatic N) is 1. The van der Waals surface area contributed by atoms with E-state index in [0.717, 1.165) is 30.1 Å². The molecule has 2 aromatic rings. The standard InChI is InChI=1S/C24H36N4O/c1-3-20(4-2)28-13-11-17(12-14-28)22-16-25-23-10-9-19(15-21(22)23)27-24(29)26-18-7-5-6-8-18/h9-10,15-18,20,25H,3-8,11-14H2,1-2H3,(H2,26,27,29). The van der Waals surface area contributed by atoms with Crippen molar-refractivity contribution in [3.05, 3.63) is 30.0 Å². The summed E-state index contributed by atoms with van der Waals surface area (Å²) >= 11 is 0. The van der Waals surface area contributed by atoms with Crippen molar-refractivity contribution in [3.63, 3.8) is 0 Å². The topological polar surface area (TPSA) is 60.2 Å². The Kier molecular flexibility index (Phi) is 6.43. The fraction of sp³-hybridized carbons (Fsp3) is 0.625. The van der Waals surface area contributed by atoms with E-state index in [2.05, 4.69) is 52.7 Å². The number of anilines is 1. The smallest absolute Gasteiger partial charge is 0.319 e. The van der Waals surface area contributed by atoms with Crippen molar-refractivity contribution in [2.45, 2.75) is 83.2 Å². The zero-order valence-electron chi connectivity index (χ0n) is 18.0. The summed E-state index contributed by atoms with van der Waals surface area (Å²) in [6.07, 6.45) is 11.7. The molecule has 1 aromatic carbocycles. The second kappa shape index (κ2) is 9.21. The number of likely N-dealkylation sites (tertiary alicyclic amines) is 1. The SMILES string of the molecule is CCC(CC)N1CCC(c2c[nH]c3ccc(NC(=O)NC4CCCC4)cc23)CC1. The molecule has 0 bridgehead atoms. The Hall–Kier alpha value is -2.01. The van der Waals surface area contributed by atoms with Gasteiger partial charge in [-0.25, -0.2) is 4.79 Å². The summed E-state index contributed by atoms with van der Waals surface area (Å²) in [5.41, 5.74) is 3.44. The molecular weight excluding hydrogens is 360 g/mol. The fourth-order valence-electron chi connectivity index (χ4n) is 5.36. The molecule has 2 amide bonds. The highest BCUT2D eigenvalue weighted by atomic mass is 16.2.